The molecule has 0 atom stereocenters. The molecule has 0 bridgehead atoms. The van der Waals surface area contributed by atoms with Crippen LogP contribution in [-0.2, 0) is 19.1 Å². The van der Waals surface area contributed by atoms with Gasteiger partial charge in [-0.1, -0.05) is 30.3 Å². The van der Waals surface area contributed by atoms with Crippen molar-refractivity contribution < 1.29 is 19.1 Å². The third-order valence-electron chi connectivity index (χ3n) is 3.99. The Morgan fingerprint density at radius 3 is 2.37 bits per heavy atom. The van der Waals surface area contributed by atoms with Crippen LogP contribution in [0.4, 0.5) is 5.69 Å². The Labute approximate surface area is 157 Å². The lowest BCUT2D eigenvalue weighted by Gasteiger charge is -2.25. The first-order valence-corrected chi connectivity index (χ1v) is 8.22. The fraction of sp³-hybridized carbons (Fsp3) is 0.0952. The number of methoxy groups -OCH3 is 2. The second-order valence-electron chi connectivity index (χ2n) is 5.55. The lowest BCUT2D eigenvalue weighted by molar-refractivity contribution is -0.139. The number of esters is 2. The molecule has 1 aromatic heterocycles. The average Bonchev–Trinajstić information content (AvgIpc) is 2.96. The summed E-state index contributed by atoms with van der Waals surface area (Å²) >= 11 is 0. The number of aromatic nitrogens is 1. The van der Waals surface area contributed by atoms with Crippen molar-refractivity contribution in [3.8, 4) is 11.3 Å². The van der Waals surface area contributed by atoms with Gasteiger partial charge >= 0.3 is 11.9 Å². The number of benzene rings is 1. The monoisotopic (exact) mass is 362 g/mol. The van der Waals surface area contributed by atoms with Crippen LogP contribution >= 0.6 is 0 Å². The van der Waals surface area contributed by atoms with Crippen molar-refractivity contribution in [2.24, 2.45) is 0 Å². The Morgan fingerprint density at radius 1 is 0.926 bits per heavy atom. The van der Waals surface area contributed by atoms with Gasteiger partial charge in [-0.2, -0.15) is 0 Å². The summed E-state index contributed by atoms with van der Waals surface area (Å²) in [5.41, 5.74) is 2.39. The molecule has 0 spiro atoms. The normalized spacial score (nSPS) is 13.3. The van der Waals surface area contributed by atoms with Crippen molar-refractivity contribution in [2.45, 2.75) is 0 Å². The van der Waals surface area contributed by atoms with Crippen molar-refractivity contribution in [3.63, 3.8) is 0 Å². The largest absolute Gasteiger partial charge is 0.465 e. The summed E-state index contributed by atoms with van der Waals surface area (Å²) in [5, 5.41) is 0. The van der Waals surface area contributed by atoms with E-state index in [1.54, 1.807) is 29.4 Å². The highest BCUT2D eigenvalue weighted by Crippen LogP contribution is 2.34. The first kappa shape index (κ1) is 18.1. The van der Waals surface area contributed by atoms with Gasteiger partial charge in [0.05, 0.1) is 31.2 Å². The van der Waals surface area contributed by atoms with Crippen LogP contribution in [0.1, 0.15) is 0 Å². The molecule has 6 heteroatoms. The zero-order valence-electron chi connectivity index (χ0n) is 15.0. The lowest BCUT2D eigenvalue weighted by Crippen LogP contribution is -2.27. The Kier molecular flexibility index (Phi) is 5.47. The molecule has 136 valence electrons. The molecule has 0 aliphatic carbocycles. The topological polar surface area (TPSA) is 68.7 Å². The summed E-state index contributed by atoms with van der Waals surface area (Å²) in [4.78, 5) is 30.9. The predicted octanol–water partition coefficient (Wildman–Crippen LogP) is 3.24. The van der Waals surface area contributed by atoms with Crippen LogP contribution in [0, 0.1) is 0 Å². The zero-order valence-corrected chi connectivity index (χ0v) is 15.0. The van der Waals surface area contributed by atoms with Gasteiger partial charge in [0.15, 0.2) is 0 Å². The molecule has 2 aromatic rings. The maximum absolute atomic E-state index is 12.6. The molecule has 0 unspecified atom stereocenters. The van der Waals surface area contributed by atoms with Crippen molar-refractivity contribution in [3.05, 3.63) is 84.4 Å². The van der Waals surface area contributed by atoms with Gasteiger partial charge in [0.1, 0.15) is 5.70 Å². The number of anilines is 1. The first-order chi connectivity index (χ1) is 13.2. The minimum Gasteiger partial charge on any atom is -0.465 e. The van der Waals surface area contributed by atoms with E-state index in [2.05, 4.69) is 4.98 Å². The maximum Gasteiger partial charge on any atom is 0.355 e. The van der Waals surface area contributed by atoms with Gasteiger partial charge in [-0.3, -0.25) is 4.98 Å². The highest BCUT2D eigenvalue weighted by atomic mass is 16.5. The summed E-state index contributed by atoms with van der Waals surface area (Å²) in [7, 11) is 2.54. The lowest BCUT2D eigenvalue weighted by atomic mass is 10.1. The molecular weight excluding hydrogens is 344 g/mol. The number of carbonyl (C=O) groups is 2. The molecular formula is C21H18N2O4. The van der Waals surface area contributed by atoms with Crippen LogP contribution in [0.5, 0.6) is 0 Å². The van der Waals surface area contributed by atoms with E-state index in [-0.39, 0.29) is 11.3 Å². The van der Waals surface area contributed by atoms with E-state index in [0.29, 0.717) is 5.69 Å². The van der Waals surface area contributed by atoms with Crippen LogP contribution in [0.2, 0.25) is 0 Å². The van der Waals surface area contributed by atoms with E-state index < -0.39 is 11.9 Å². The molecule has 0 amide bonds. The van der Waals surface area contributed by atoms with Crippen molar-refractivity contribution in [1.29, 1.82) is 0 Å². The van der Waals surface area contributed by atoms with Crippen molar-refractivity contribution in [2.75, 3.05) is 19.1 Å². The van der Waals surface area contributed by atoms with Gasteiger partial charge in [0, 0.05) is 18.0 Å². The first-order valence-electron chi connectivity index (χ1n) is 8.22. The van der Waals surface area contributed by atoms with Crippen molar-refractivity contribution >= 4 is 17.6 Å². The van der Waals surface area contributed by atoms with Gasteiger partial charge in [-0.25, -0.2) is 9.59 Å². The summed E-state index contributed by atoms with van der Waals surface area (Å²) in [6.45, 7) is 0. The molecule has 0 N–H and O–H groups in total. The third kappa shape index (κ3) is 3.64. The molecule has 1 aliphatic rings. The summed E-state index contributed by atoms with van der Waals surface area (Å²) < 4.78 is 9.78. The van der Waals surface area contributed by atoms with Gasteiger partial charge in [-0.15, -0.1) is 0 Å². The Bertz CT molecular complexity index is 946. The standard InChI is InChI=1S/C21H18N2O4/c1-26-20(24)16-10-6-8-14-23(19(16)21(25)27-2)18-12-4-3-9-15(18)17-11-5-7-13-22-17/h3-14H,1-2H3. The number of carbonyl (C=O) groups excluding carboxylic acids is 2. The van der Waals surface area contributed by atoms with E-state index in [0.717, 1.165) is 11.3 Å². The molecule has 6 nitrogen and oxygen atoms in total. The summed E-state index contributed by atoms with van der Waals surface area (Å²) in [6.07, 6.45) is 8.31. The third-order valence-corrected chi connectivity index (χ3v) is 3.99. The molecule has 2 heterocycles. The Hall–Kier alpha value is -3.67. The summed E-state index contributed by atoms with van der Waals surface area (Å²) in [6, 6.07) is 13.1. The Balaban J connectivity index is 2.23. The van der Waals surface area contributed by atoms with Crippen molar-refractivity contribution in [1.82, 2.24) is 4.98 Å². The fourth-order valence-corrected chi connectivity index (χ4v) is 2.77. The Morgan fingerprint density at radius 2 is 1.67 bits per heavy atom. The van der Waals surface area contributed by atoms with E-state index in [9.17, 15) is 9.59 Å². The second kappa shape index (κ2) is 8.14. The van der Waals surface area contributed by atoms with Crippen LogP contribution < -0.4 is 4.90 Å². The highest BCUT2D eigenvalue weighted by Gasteiger charge is 2.28. The summed E-state index contributed by atoms with van der Waals surface area (Å²) in [5.74, 6) is -1.28. The molecule has 1 aromatic carbocycles. The highest BCUT2D eigenvalue weighted by molar-refractivity contribution is 6.06. The minimum atomic E-state index is -0.651. The smallest absolute Gasteiger partial charge is 0.355 e. The predicted molar refractivity (Wildman–Crippen MR) is 101 cm³/mol. The SMILES string of the molecule is COC(=O)C1=C(C(=O)OC)N(c2ccccc2-c2ccccn2)C=CC=C1. The van der Waals surface area contributed by atoms with Gasteiger partial charge in [0.25, 0.3) is 0 Å². The molecule has 0 saturated carbocycles. The maximum atomic E-state index is 12.6. The molecule has 0 radical (unpaired) electrons. The number of para-hydroxylation sites is 1. The number of nitrogens with zero attached hydrogens (tertiary/aromatic N) is 2. The number of hydrogen-bond donors (Lipinski definition) is 0. The number of hydrogen-bond acceptors (Lipinski definition) is 6. The molecule has 0 saturated heterocycles. The molecule has 27 heavy (non-hydrogen) atoms. The van der Waals surface area contributed by atoms with Crippen LogP contribution in [0.25, 0.3) is 11.3 Å². The van der Waals surface area contributed by atoms with E-state index in [1.165, 1.54) is 20.3 Å². The van der Waals surface area contributed by atoms with Gasteiger partial charge in [-0.05, 0) is 30.4 Å². The second-order valence-corrected chi connectivity index (χ2v) is 5.55. The fourth-order valence-electron chi connectivity index (χ4n) is 2.77. The van der Waals surface area contributed by atoms with Crippen LogP contribution in [0.3, 0.4) is 0 Å². The van der Waals surface area contributed by atoms with E-state index in [4.69, 9.17) is 9.47 Å². The number of allylic oxidation sites excluding steroid dienone is 2. The molecule has 1 aliphatic heterocycles. The van der Waals surface area contributed by atoms with E-state index >= 15 is 0 Å². The van der Waals surface area contributed by atoms with Gasteiger partial charge < -0.3 is 14.4 Å². The zero-order chi connectivity index (χ0) is 19.2. The number of rotatable bonds is 4. The van der Waals surface area contributed by atoms with Crippen LogP contribution in [0.15, 0.2) is 84.4 Å². The van der Waals surface area contributed by atoms with Crippen LogP contribution in [-0.4, -0.2) is 31.1 Å². The minimum absolute atomic E-state index is 0.0673. The number of pyridine rings is 1. The quantitative estimate of drug-likeness (QED) is 0.778. The molecule has 0 fully saturated rings. The van der Waals surface area contributed by atoms with Gasteiger partial charge in [0.2, 0.25) is 0 Å². The van der Waals surface area contributed by atoms with E-state index in [1.807, 2.05) is 42.5 Å². The molecule has 3 rings (SSSR count). The average molecular weight is 362 g/mol. The number of ether oxygens (including phenoxy) is 2.